The summed E-state index contributed by atoms with van der Waals surface area (Å²) in [5.41, 5.74) is 0.875. The molecule has 4 heterocycles. The molecule has 1 aliphatic rings. The summed E-state index contributed by atoms with van der Waals surface area (Å²) < 4.78 is 3.03. The van der Waals surface area contributed by atoms with Crippen LogP contribution in [0, 0.1) is 0 Å². The highest BCUT2D eigenvalue weighted by Gasteiger charge is 2.29. The van der Waals surface area contributed by atoms with Crippen molar-refractivity contribution in [1.29, 1.82) is 0 Å². The van der Waals surface area contributed by atoms with Gasteiger partial charge in [-0.15, -0.1) is 16.4 Å². The maximum Gasteiger partial charge on any atom is 0.154 e. The van der Waals surface area contributed by atoms with Gasteiger partial charge in [0.1, 0.15) is 17.2 Å². The molecular weight excluding hydrogens is 346 g/mol. The molecule has 0 aliphatic heterocycles. The maximum atomic E-state index is 10.7. The van der Waals surface area contributed by atoms with Crippen LogP contribution in [0.15, 0.2) is 42.9 Å². The summed E-state index contributed by atoms with van der Waals surface area (Å²) in [6, 6.07) is 7.95. The zero-order valence-corrected chi connectivity index (χ0v) is 15.0. The first kappa shape index (κ1) is 15.7. The number of hydrogen-bond acceptors (Lipinski definition) is 6. The van der Waals surface area contributed by atoms with Gasteiger partial charge in [0.25, 0.3) is 0 Å². The molecule has 1 aliphatic carbocycles. The molecule has 0 saturated heterocycles. The summed E-state index contributed by atoms with van der Waals surface area (Å²) in [5, 5.41) is 19.8. The van der Waals surface area contributed by atoms with Crippen molar-refractivity contribution in [3.63, 3.8) is 0 Å². The Hall–Kier alpha value is -2.51. The molecule has 0 atom stereocenters. The summed E-state index contributed by atoms with van der Waals surface area (Å²) >= 11 is 1.70. The van der Waals surface area contributed by atoms with Crippen molar-refractivity contribution in [1.82, 2.24) is 19.6 Å². The van der Waals surface area contributed by atoms with E-state index in [0.717, 1.165) is 47.3 Å². The van der Waals surface area contributed by atoms with Gasteiger partial charge in [-0.25, -0.2) is 9.50 Å². The molecule has 1 saturated carbocycles. The quantitative estimate of drug-likeness (QED) is 0.535. The number of imidazole rings is 1. The average molecular weight is 365 g/mol. The highest BCUT2D eigenvalue weighted by atomic mass is 32.1. The topological polar surface area (TPSA) is 75.3 Å². The molecule has 0 amide bonds. The largest absolute Gasteiger partial charge is 0.371 e. The van der Waals surface area contributed by atoms with Gasteiger partial charge < -0.3 is 10.4 Å². The molecule has 1 fully saturated rings. The Morgan fingerprint density at radius 2 is 2.00 bits per heavy atom. The van der Waals surface area contributed by atoms with Crippen molar-refractivity contribution in [2.45, 2.75) is 37.8 Å². The molecule has 0 bridgehead atoms. The lowest BCUT2D eigenvalue weighted by Gasteiger charge is -2.33. The fraction of sp³-hybridized carbons (Fsp3) is 0.316. The maximum absolute atomic E-state index is 10.7. The Morgan fingerprint density at radius 1 is 1.12 bits per heavy atom. The van der Waals surface area contributed by atoms with E-state index in [-0.39, 0.29) is 0 Å². The van der Waals surface area contributed by atoms with Crippen molar-refractivity contribution in [3.05, 3.63) is 42.9 Å². The van der Waals surface area contributed by atoms with Crippen LogP contribution in [-0.2, 0) is 0 Å². The molecule has 4 aromatic rings. The third-order valence-electron chi connectivity index (χ3n) is 4.97. The van der Waals surface area contributed by atoms with E-state index in [1.807, 2.05) is 41.3 Å². The number of pyridine rings is 1. The van der Waals surface area contributed by atoms with Crippen LogP contribution in [0.2, 0.25) is 0 Å². The normalized spacial score (nSPS) is 17.0. The van der Waals surface area contributed by atoms with E-state index in [1.165, 1.54) is 11.1 Å². The van der Waals surface area contributed by atoms with Crippen molar-refractivity contribution >= 4 is 32.9 Å². The van der Waals surface area contributed by atoms with Gasteiger partial charge in [0.2, 0.25) is 0 Å². The minimum absolute atomic E-state index is 0.670. The van der Waals surface area contributed by atoms with Gasteiger partial charge in [-0.1, -0.05) is 6.42 Å². The van der Waals surface area contributed by atoms with Gasteiger partial charge in [-0.05, 0) is 49.9 Å². The molecule has 2 N–H and O–H groups in total. The molecule has 0 unspecified atom stereocenters. The number of hydrogen-bond donors (Lipinski definition) is 2. The zero-order chi connectivity index (χ0) is 17.6. The van der Waals surface area contributed by atoms with Crippen LogP contribution in [0.4, 0.5) is 5.82 Å². The van der Waals surface area contributed by atoms with Crippen molar-refractivity contribution in [2.24, 2.45) is 0 Å². The van der Waals surface area contributed by atoms with E-state index in [2.05, 4.69) is 21.4 Å². The van der Waals surface area contributed by atoms with E-state index < -0.39 is 5.72 Å². The molecule has 132 valence electrons. The van der Waals surface area contributed by atoms with Gasteiger partial charge in [0.05, 0.1) is 11.1 Å². The number of aliphatic hydroxyl groups is 1. The van der Waals surface area contributed by atoms with Gasteiger partial charge in [-0.3, -0.25) is 4.98 Å². The Balaban J connectivity index is 1.54. The lowest BCUT2D eigenvalue weighted by atomic mass is 9.92. The summed E-state index contributed by atoms with van der Waals surface area (Å²) in [7, 11) is 0. The lowest BCUT2D eigenvalue weighted by molar-refractivity contribution is 0.0312. The smallest absolute Gasteiger partial charge is 0.154 e. The number of nitrogens with one attached hydrogen (secondary N) is 1. The van der Waals surface area contributed by atoms with Crippen LogP contribution in [0.5, 0.6) is 0 Å². The van der Waals surface area contributed by atoms with Gasteiger partial charge in [0, 0.05) is 22.5 Å². The first-order chi connectivity index (χ1) is 12.7. The standard InChI is InChI=1S/C19H19N5OS/c25-19(7-2-1-3-8-19)22-17-4-5-18-21-12-14(24(18)23-17)16-10-13-11-20-9-6-15(13)26-16/h4-6,9-12,25H,1-3,7-8H2,(H,22,23). The monoisotopic (exact) mass is 365 g/mol. The number of fused-ring (bicyclic) bond motifs is 2. The minimum atomic E-state index is -0.858. The Bertz CT molecular complexity index is 1050. The fourth-order valence-electron chi connectivity index (χ4n) is 3.62. The molecule has 0 spiro atoms. The predicted molar refractivity (Wildman–Crippen MR) is 103 cm³/mol. The zero-order valence-electron chi connectivity index (χ0n) is 14.2. The number of rotatable bonds is 3. The second kappa shape index (κ2) is 6.03. The first-order valence-corrected chi connectivity index (χ1v) is 9.71. The highest BCUT2D eigenvalue weighted by molar-refractivity contribution is 7.22. The van der Waals surface area contributed by atoms with E-state index in [0.29, 0.717) is 5.82 Å². The second-order valence-corrected chi connectivity index (χ2v) is 7.96. The van der Waals surface area contributed by atoms with Gasteiger partial charge >= 0.3 is 0 Å². The van der Waals surface area contributed by atoms with Crippen LogP contribution < -0.4 is 5.32 Å². The predicted octanol–water partition coefficient (Wildman–Crippen LogP) is 4.07. The Morgan fingerprint density at radius 3 is 2.85 bits per heavy atom. The van der Waals surface area contributed by atoms with Gasteiger partial charge in [0.15, 0.2) is 5.65 Å². The fourth-order valence-corrected chi connectivity index (χ4v) is 4.64. The number of nitrogens with zero attached hydrogens (tertiary/aromatic N) is 4. The van der Waals surface area contributed by atoms with Crippen LogP contribution in [0.1, 0.15) is 32.1 Å². The van der Waals surface area contributed by atoms with E-state index in [1.54, 1.807) is 11.3 Å². The number of thiophene rings is 1. The van der Waals surface area contributed by atoms with Crippen LogP contribution in [0.3, 0.4) is 0 Å². The molecular formula is C19H19N5OS. The Kier molecular flexibility index (Phi) is 3.65. The van der Waals surface area contributed by atoms with Crippen LogP contribution >= 0.6 is 11.3 Å². The molecule has 6 nitrogen and oxygen atoms in total. The first-order valence-electron chi connectivity index (χ1n) is 8.90. The second-order valence-electron chi connectivity index (χ2n) is 6.87. The lowest BCUT2D eigenvalue weighted by Crippen LogP contribution is -2.40. The van der Waals surface area contributed by atoms with Crippen molar-refractivity contribution < 1.29 is 5.11 Å². The van der Waals surface area contributed by atoms with Crippen molar-refractivity contribution in [3.8, 4) is 10.6 Å². The summed E-state index contributed by atoms with van der Waals surface area (Å²) in [5.74, 6) is 0.670. The van der Waals surface area contributed by atoms with E-state index in [9.17, 15) is 5.11 Å². The third kappa shape index (κ3) is 2.73. The molecule has 0 radical (unpaired) electrons. The third-order valence-corrected chi connectivity index (χ3v) is 6.11. The average Bonchev–Trinajstić information content (AvgIpc) is 3.25. The summed E-state index contributed by atoms with van der Waals surface area (Å²) in [4.78, 5) is 9.76. The Labute approximate surface area is 154 Å². The molecule has 0 aromatic carbocycles. The minimum Gasteiger partial charge on any atom is -0.371 e. The van der Waals surface area contributed by atoms with E-state index >= 15 is 0 Å². The van der Waals surface area contributed by atoms with Crippen molar-refractivity contribution in [2.75, 3.05) is 5.32 Å². The van der Waals surface area contributed by atoms with Crippen LogP contribution in [0.25, 0.3) is 26.3 Å². The molecule has 5 rings (SSSR count). The van der Waals surface area contributed by atoms with E-state index in [4.69, 9.17) is 5.10 Å². The summed E-state index contributed by atoms with van der Waals surface area (Å²) in [6.45, 7) is 0. The number of anilines is 1. The highest BCUT2D eigenvalue weighted by Crippen LogP contribution is 2.33. The SMILES string of the molecule is OC1(Nc2ccc3ncc(-c4cc5cnccc5s4)n3n2)CCCCC1. The molecule has 7 heteroatoms. The van der Waals surface area contributed by atoms with Gasteiger partial charge in [-0.2, -0.15) is 0 Å². The summed E-state index contributed by atoms with van der Waals surface area (Å²) in [6.07, 6.45) is 10.3. The molecule has 26 heavy (non-hydrogen) atoms. The molecule has 4 aromatic heterocycles. The number of aromatic nitrogens is 4. The van der Waals surface area contributed by atoms with Crippen LogP contribution in [-0.4, -0.2) is 30.4 Å².